The summed E-state index contributed by atoms with van der Waals surface area (Å²) >= 11 is 0. The number of hydrogen-bond donors (Lipinski definition) is 1. The minimum atomic E-state index is 0.274. The lowest BCUT2D eigenvalue weighted by Gasteiger charge is -2.19. The van der Waals surface area contributed by atoms with Crippen molar-refractivity contribution < 1.29 is 9.47 Å². The number of methoxy groups -OCH3 is 2. The predicted octanol–water partition coefficient (Wildman–Crippen LogP) is 3.49. The number of rotatable bonds is 6. The van der Waals surface area contributed by atoms with Gasteiger partial charge in [-0.05, 0) is 43.1 Å². The van der Waals surface area contributed by atoms with Crippen LogP contribution in [-0.4, -0.2) is 20.8 Å². The Kier molecular flexibility index (Phi) is 5.23. The van der Waals surface area contributed by atoms with Crippen LogP contribution in [0.3, 0.4) is 0 Å². The molecule has 2 aromatic carbocycles. The Balaban J connectivity index is 2.40. The quantitative estimate of drug-likeness (QED) is 0.883. The molecule has 1 atom stereocenters. The third-order valence-corrected chi connectivity index (χ3v) is 3.75. The summed E-state index contributed by atoms with van der Waals surface area (Å²) in [5.41, 5.74) is 9.54. The highest BCUT2D eigenvalue weighted by Crippen LogP contribution is 2.34. The van der Waals surface area contributed by atoms with Gasteiger partial charge >= 0.3 is 0 Å². The number of aryl methyl sites for hydroxylation is 1. The molecule has 0 aromatic heterocycles. The first kappa shape index (κ1) is 15.4. The number of ether oxygens (including phenoxy) is 2. The Morgan fingerprint density at radius 2 is 1.52 bits per heavy atom. The van der Waals surface area contributed by atoms with Gasteiger partial charge in [0.15, 0.2) is 11.5 Å². The molecule has 0 saturated carbocycles. The Hall–Kier alpha value is -2.00. The van der Waals surface area contributed by atoms with Crippen LogP contribution in [0, 0.1) is 6.92 Å². The summed E-state index contributed by atoms with van der Waals surface area (Å²) in [6.07, 6.45) is 0.901. The van der Waals surface area contributed by atoms with Crippen molar-refractivity contribution in [3.05, 3.63) is 59.2 Å². The highest BCUT2D eigenvalue weighted by Gasteiger charge is 2.16. The maximum Gasteiger partial charge on any atom is 0.161 e. The maximum absolute atomic E-state index is 5.80. The van der Waals surface area contributed by atoms with Gasteiger partial charge in [-0.3, -0.25) is 0 Å². The van der Waals surface area contributed by atoms with Gasteiger partial charge < -0.3 is 15.2 Å². The number of nitrogens with two attached hydrogens (primary N) is 1. The number of benzene rings is 2. The molecule has 3 heteroatoms. The van der Waals surface area contributed by atoms with Crippen LogP contribution in [-0.2, 0) is 0 Å². The summed E-state index contributed by atoms with van der Waals surface area (Å²) in [6, 6.07) is 14.7. The largest absolute Gasteiger partial charge is 0.493 e. The number of hydrogen-bond acceptors (Lipinski definition) is 3. The second-order valence-electron chi connectivity index (χ2n) is 5.16. The van der Waals surface area contributed by atoms with Crippen molar-refractivity contribution in [1.82, 2.24) is 0 Å². The van der Waals surface area contributed by atoms with Crippen LogP contribution in [0.1, 0.15) is 29.0 Å². The minimum Gasteiger partial charge on any atom is -0.493 e. The third-order valence-electron chi connectivity index (χ3n) is 3.75. The normalized spacial score (nSPS) is 12.0. The van der Waals surface area contributed by atoms with Gasteiger partial charge in [0.2, 0.25) is 0 Å². The lowest BCUT2D eigenvalue weighted by Crippen LogP contribution is -2.09. The van der Waals surface area contributed by atoms with Gasteiger partial charge in [-0.25, -0.2) is 0 Å². The van der Waals surface area contributed by atoms with Crippen LogP contribution >= 0.6 is 0 Å². The van der Waals surface area contributed by atoms with E-state index in [9.17, 15) is 0 Å². The molecular weight excluding hydrogens is 262 g/mol. The molecule has 0 aliphatic heterocycles. The highest BCUT2D eigenvalue weighted by molar-refractivity contribution is 5.46. The van der Waals surface area contributed by atoms with Gasteiger partial charge in [-0.2, -0.15) is 0 Å². The van der Waals surface area contributed by atoms with Gasteiger partial charge in [0.1, 0.15) is 0 Å². The predicted molar refractivity (Wildman–Crippen MR) is 86.2 cm³/mol. The molecule has 112 valence electrons. The van der Waals surface area contributed by atoms with E-state index in [2.05, 4.69) is 37.3 Å². The van der Waals surface area contributed by atoms with E-state index in [1.807, 2.05) is 12.1 Å². The van der Waals surface area contributed by atoms with Gasteiger partial charge in [-0.1, -0.05) is 35.9 Å². The van der Waals surface area contributed by atoms with Gasteiger partial charge in [0, 0.05) is 5.92 Å². The SMILES string of the molecule is COc1ccc(C(CCN)c2ccc(C)cc2)cc1OC. The maximum atomic E-state index is 5.80. The minimum absolute atomic E-state index is 0.274. The van der Waals surface area contributed by atoms with Crippen molar-refractivity contribution in [1.29, 1.82) is 0 Å². The molecule has 0 fully saturated rings. The molecule has 1 unspecified atom stereocenters. The van der Waals surface area contributed by atoms with Crippen molar-refractivity contribution in [2.45, 2.75) is 19.3 Å². The van der Waals surface area contributed by atoms with E-state index >= 15 is 0 Å². The zero-order valence-electron chi connectivity index (χ0n) is 12.9. The molecule has 3 nitrogen and oxygen atoms in total. The smallest absolute Gasteiger partial charge is 0.161 e. The molecule has 0 amide bonds. The van der Waals surface area contributed by atoms with E-state index in [-0.39, 0.29) is 5.92 Å². The molecule has 0 saturated heterocycles. The van der Waals surface area contributed by atoms with Crippen LogP contribution in [0.4, 0.5) is 0 Å². The van der Waals surface area contributed by atoms with E-state index in [4.69, 9.17) is 15.2 Å². The molecule has 2 rings (SSSR count). The first-order valence-corrected chi connectivity index (χ1v) is 7.18. The molecule has 0 radical (unpaired) electrons. The molecule has 0 spiro atoms. The second kappa shape index (κ2) is 7.14. The zero-order valence-corrected chi connectivity index (χ0v) is 12.9. The average Bonchev–Trinajstić information content (AvgIpc) is 2.53. The van der Waals surface area contributed by atoms with Crippen LogP contribution < -0.4 is 15.2 Å². The van der Waals surface area contributed by atoms with E-state index in [0.29, 0.717) is 6.54 Å². The highest BCUT2D eigenvalue weighted by atomic mass is 16.5. The van der Waals surface area contributed by atoms with Crippen LogP contribution in [0.5, 0.6) is 11.5 Å². The van der Waals surface area contributed by atoms with Crippen LogP contribution in [0.2, 0.25) is 0 Å². The van der Waals surface area contributed by atoms with Crippen molar-refractivity contribution >= 4 is 0 Å². The van der Waals surface area contributed by atoms with Crippen molar-refractivity contribution in [3.63, 3.8) is 0 Å². The monoisotopic (exact) mass is 285 g/mol. The zero-order chi connectivity index (χ0) is 15.2. The fourth-order valence-electron chi connectivity index (χ4n) is 2.56. The van der Waals surface area contributed by atoms with Crippen molar-refractivity contribution in [2.75, 3.05) is 20.8 Å². The standard InChI is InChI=1S/C18H23NO2/c1-13-4-6-14(7-5-13)16(10-11-19)15-8-9-17(20-2)18(12-15)21-3/h4-9,12,16H,10-11,19H2,1-3H3. The van der Waals surface area contributed by atoms with E-state index in [1.165, 1.54) is 16.7 Å². The molecule has 0 bridgehead atoms. The molecule has 0 aliphatic rings. The topological polar surface area (TPSA) is 44.5 Å². The lowest BCUT2D eigenvalue weighted by atomic mass is 9.88. The van der Waals surface area contributed by atoms with Crippen molar-refractivity contribution in [3.8, 4) is 11.5 Å². The average molecular weight is 285 g/mol. The Morgan fingerprint density at radius 1 is 0.905 bits per heavy atom. The fraction of sp³-hybridized carbons (Fsp3) is 0.333. The summed E-state index contributed by atoms with van der Waals surface area (Å²) < 4.78 is 10.7. The Morgan fingerprint density at radius 3 is 2.10 bits per heavy atom. The first-order chi connectivity index (χ1) is 10.2. The van der Waals surface area contributed by atoms with Crippen LogP contribution in [0.25, 0.3) is 0 Å². The fourth-order valence-corrected chi connectivity index (χ4v) is 2.56. The second-order valence-corrected chi connectivity index (χ2v) is 5.16. The summed E-state index contributed by atoms with van der Waals surface area (Å²) in [6.45, 7) is 2.74. The van der Waals surface area contributed by atoms with Gasteiger partial charge in [-0.15, -0.1) is 0 Å². The van der Waals surface area contributed by atoms with Gasteiger partial charge in [0.25, 0.3) is 0 Å². The van der Waals surface area contributed by atoms with Crippen LogP contribution in [0.15, 0.2) is 42.5 Å². The molecular formula is C18H23NO2. The summed E-state index contributed by atoms with van der Waals surface area (Å²) in [5.74, 6) is 1.77. The Labute approximate surface area is 126 Å². The van der Waals surface area contributed by atoms with E-state index in [0.717, 1.165) is 17.9 Å². The summed E-state index contributed by atoms with van der Waals surface area (Å²) in [5, 5.41) is 0. The lowest BCUT2D eigenvalue weighted by molar-refractivity contribution is 0.354. The summed E-state index contributed by atoms with van der Waals surface area (Å²) in [4.78, 5) is 0. The molecule has 21 heavy (non-hydrogen) atoms. The van der Waals surface area contributed by atoms with E-state index in [1.54, 1.807) is 14.2 Å². The first-order valence-electron chi connectivity index (χ1n) is 7.18. The molecule has 2 N–H and O–H groups in total. The molecule has 0 heterocycles. The molecule has 2 aromatic rings. The van der Waals surface area contributed by atoms with Crippen molar-refractivity contribution in [2.24, 2.45) is 5.73 Å². The Bertz CT molecular complexity index is 578. The molecule has 0 aliphatic carbocycles. The third kappa shape index (κ3) is 3.56. The summed E-state index contributed by atoms with van der Waals surface area (Å²) in [7, 11) is 3.31. The van der Waals surface area contributed by atoms with E-state index < -0.39 is 0 Å². The van der Waals surface area contributed by atoms with Gasteiger partial charge in [0.05, 0.1) is 14.2 Å².